The van der Waals surface area contributed by atoms with Crippen molar-refractivity contribution in [3.05, 3.63) is 0 Å². The smallest absolute Gasteiger partial charge is 0.332 e. The Kier molecular flexibility index (Phi) is 2.44. The summed E-state index contributed by atoms with van der Waals surface area (Å²) in [5.74, 6) is 2.29. The van der Waals surface area contributed by atoms with Crippen molar-refractivity contribution in [3.8, 4) is 0 Å². The summed E-state index contributed by atoms with van der Waals surface area (Å²) in [6.45, 7) is 1.99. The molecule has 0 unspecified atom stereocenters. The SMILES string of the molecule is C/C(=N\NC(N)=O)[C@@H]1C[C@@H]2CC[C@@H]1C2. The molecule has 78 valence electrons. The number of urea groups is 1. The highest BCUT2D eigenvalue weighted by Gasteiger charge is 2.40. The number of rotatable bonds is 2. The molecule has 4 nitrogen and oxygen atoms in total. The van der Waals surface area contributed by atoms with E-state index >= 15 is 0 Å². The molecular formula is C10H17N3O. The summed E-state index contributed by atoms with van der Waals surface area (Å²) in [5.41, 5.74) is 8.30. The quantitative estimate of drug-likeness (QED) is 0.508. The molecule has 0 radical (unpaired) electrons. The zero-order chi connectivity index (χ0) is 10.1. The molecule has 3 N–H and O–H groups in total. The topological polar surface area (TPSA) is 67.5 Å². The van der Waals surface area contributed by atoms with Crippen molar-refractivity contribution in [2.24, 2.45) is 28.6 Å². The average Bonchev–Trinajstić information content (AvgIpc) is 2.74. The molecule has 2 aliphatic carbocycles. The van der Waals surface area contributed by atoms with Crippen LogP contribution in [-0.2, 0) is 0 Å². The van der Waals surface area contributed by atoms with Crippen LogP contribution in [0, 0.1) is 17.8 Å². The molecule has 0 aliphatic heterocycles. The largest absolute Gasteiger partial charge is 0.350 e. The van der Waals surface area contributed by atoms with Crippen LogP contribution in [0.5, 0.6) is 0 Å². The van der Waals surface area contributed by atoms with Gasteiger partial charge in [0.2, 0.25) is 0 Å². The van der Waals surface area contributed by atoms with Gasteiger partial charge in [-0.15, -0.1) is 0 Å². The minimum atomic E-state index is -0.576. The van der Waals surface area contributed by atoms with Gasteiger partial charge in [-0.25, -0.2) is 10.2 Å². The molecule has 4 heteroatoms. The number of hydrogen-bond donors (Lipinski definition) is 2. The fourth-order valence-corrected chi connectivity index (χ4v) is 2.98. The van der Waals surface area contributed by atoms with Crippen LogP contribution in [0.2, 0.25) is 0 Å². The van der Waals surface area contributed by atoms with E-state index in [0.29, 0.717) is 5.92 Å². The highest BCUT2D eigenvalue weighted by molar-refractivity contribution is 5.86. The molecule has 0 aromatic rings. The summed E-state index contributed by atoms with van der Waals surface area (Å²) >= 11 is 0. The fraction of sp³-hybridized carbons (Fsp3) is 0.800. The van der Waals surface area contributed by atoms with Gasteiger partial charge in [0.1, 0.15) is 0 Å². The number of primary amides is 1. The molecule has 0 aromatic carbocycles. The van der Waals surface area contributed by atoms with Crippen molar-refractivity contribution >= 4 is 11.7 Å². The molecule has 2 saturated carbocycles. The van der Waals surface area contributed by atoms with E-state index in [1.54, 1.807) is 0 Å². The summed E-state index contributed by atoms with van der Waals surface area (Å²) in [6, 6.07) is -0.576. The first-order valence-corrected chi connectivity index (χ1v) is 5.26. The molecule has 2 rings (SSSR count). The fourth-order valence-electron chi connectivity index (χ4n) is 2.98. The number of amides is 2. The Morgan fingerprint density at radius 1 is 1.43 bits per heavy atom. The van der Waals surface area contributed by atoms with Gasteiger partial charge in [-0.1, -0.05) is 6.42 Å². The summed E-state index contributed by atoms with van der Waals surface area (Å²) in [7, 11) is 0. The maximum absolute atomic E-state index is 10.5. The minimum absolute atomic E-state index is 0.576. The standard InChI is InChI=1S/C10H17N3O/c1-6(12-13-10(11)14)9-5-7-2-3-8(9)4-7/h7-9H,2-5H2,1H3,(H3,11,13,14)/b12-6+/t7-,8-,9+/m1/s1. The van der Waals surface area contributed by atoms with Gasteiger partial charge < -0.3 is 5.73 Å². The van der Waals surface area contributed by atoms with Crippen LogP contribution >= 0.6 is 0 Å². The van der Waals surface area contributed by atoms with Crippen molar-refractivity contribution in [2.45, 2.75) is 32.6 Å². The van der Waals surface area contributed by atoms with Crippen molar-refractivity contribution in [1.29, 1.82) is 0 Å². The van der Waals surface area contributed by atoms with E-state index < -0.39 is 6.03 Å². The Hall–Kier alpha value is -1.06. The van der Waals surface area contributed by atoms with Crippen LogP contribution in [0.3, 0.4) is 0 Å². The second-order valence-electron chi connectivity index (χ2n) is 4.51. The molecule has 0 aromatic heterocycles. The Bertz CT molecular complexity index is 275. The van der Waals surface area contributed by atoms with E-state index in [9.17, 15) is 4.79 Å². The van der Waals surface area contributed by atoms with Gasteiger partial charge in [0.25, 0.3) is 0 Å². The van der Waals surface area contributed by atoms with Crippen LogP contribution < -0.4 is 11.2 Å². The zero-order valence-corrected chi connectivity index (χ0v) is 8.49. The summed E-state index contributed by atoms with van der Waals surface area (Å²) in [4.78, 5) is 10.5. The van der Waals surface area contributed by atoms with E-state index in [2.05, 4.69) is 10.5 Å². The molecular weight excluding hydrogens is 178 g/mol. The van der Waals surface area contributed by atoms with Crippen LogP contribution in [0.15, 0.2) is 5.10 Å². The average molecular weight is 195 g/mol. The third kappa shape index (κ3) is 1.74. The number of nitrogens with zero attached hydrogens (tertiary/aromatic N) is 1. The van der Waals surface area contributed by atoms with Gasteiger partial charge in [0, 0.05) is 11.6 Å². The highest BCUT2D eigenvalue weighted by atomic mass is 16.2. The first-order valence-electron chi connectivity index (χ1n) is 5.26. The second-order valence-corrected chi connectivity index (χ2v) is 4.51. The van der Waals surface area contributed by atoms with Gasteiger partial charge >= 0.3 is 6.03 Å². The van der Waals surface area contributed by atoms with Crippen molar-refractivity contribution in [2.75, 3.05) is 0 Å². The molecule has 0 spiro atoms. The van der Waals surface area contributed by atoms with E-state index in [-0.39, 0.29) is 0 Å². The molecule has 14 heavy (non-hydrogen) atoms. The number of hydrogen-bond acceptors (Lipinski definition) is 2. The third-order valence-electron chi connectivity index (χ3n) is 3.62. The maximum atomic E-state index is 10.5. The first-order chi connectivity index (χ1) is 6.66. The Balaban J connectivity index is 1.95. The second kappa shape index (κ2) is 3.59. The monoisotopic (exact) mass is 195 g/mol. The summed E-state index contributed by atoms with van der Waals surface area (Å²) < 4.78 is 0. The lowest BCUT2D eigenvalue weighted by Gasteiger charge is -2.20. The van der Waals surface area contributed by atoms with Gasteiger partial charge in [-0.3, -0.25) is 0 Å². The summed E-state index contributed by atoms with van der Waals surface area (Å²) in [5, 5.41) is 4.02. The van der Waals surface area contributed by atoms with Crippen LogP contribution in [0.25, 0.3) is 0 Å². The van der Waals surface area contributed by atoms with Gasteiger partial charge in [-0.2, -0.15) is 5.10 Å². The molecule has 2 bridgehead atoms. The Morgan fingerprint density at radius 2 is 2.21 bits per heavy atom. The lowest BCUT2D eigenvalue weighted by atomic mass is 9.86. The van der Waals surface area contributed by atoms with E-state index in [1.807, 2.05) is 6.92 Å². The van der Waals surface area contributed by atoms with Gasteiger partial charge in [0.15, 0.2) is 0 Å². The number of nitrogens with one attached hydrogen (secondary N) is 1. The maximum Gasteiger partial charge on any atom is 0.332 e. The van der Waals surface area contributed by atoms with E-state index in [1.165, 1.54) is 25.7 Å². The predicted molar refractivity (Wildman–Crippen MR) is 54.8 cm³/mol. The lowest BCUT2D eigenvalue weighted by molar-refractivity contribution is 0.249. The minimum Gasteiger partial charge on any atom is -0.350 e. The normalized spacial score (nSPS) is 36.1. The van der Waals surface area contributed by atoms with E-state index in [4.69, 9.17) is 5.73 Å². The zero-order valence-electron chi connectivity index (χ0n) is 8.49. The number of hydrazone groups is 1. The number of carbonyl (C=O) groups is 1. The van der Waals surface area contributed by atoms with Crippen molar-refractivity contribution < 1.29 is 4.79 Å². The number of nitrogens with two attached hydrogens (primary N) is 1. The molecule has 0 heterocycles. The number of carbonyl (C=O) groups excluding carboxylic acids is 1. The van der Waals surface area contributed by atoms with Crippen LogP contribution in [0.4, 0.5) is 4.79 Å². The molecule has 3 atom stereocenters. The predicted octanol–water partition coefficient (Wildman–Crippen LogP) is 1.47. The van der Waals surface area contributed by atoms with Crippen LogP contribution in [-0.4, -0.2) is 11.7 Å². The summed E-state index contributed by atoms with van der Waals surface area (Å²) in [6.07, 6.45) is 5.32. The Labute approximate surface area is 83.9 Å². The number of fused-ring (bicyclic) bond motifs is 2. The highest BCUT2D eigenvalue weighted by Crippen LogP contribution is 2.48. The Morgan fingerprint density at radius 3 is 2.71 bits per heavy atom. The third-order valence-corrected chi connectivity index (χ3v) is 3.62. The van der Waals surface area contributed by atoms with Crippen LogP contribution in [0.1, 0.15) is 32.6 Å². The molecule has 0 saturated heterocycles. The molecule has 2 amide bonds. The van der Waals surface area contributed by atoms with Crippen molar-refractivity contribution in [3.63, 3.8) is 0 Å². The van der Waals surface area contributed by atoms with Gasteiger partial charge in [-0.05, 0) is 38.0 Å². The molecule has 2 aliphatic rings. The van der Waals surface area contributed by atoms with E-state index in [0.717, 1.165) is 17.5 Å². The lowest BCUT2D eigenvalue weighted by Crippen LogP contribution is -2.28. The molecule has 2 fully saturated rings. The first kappa shape index (κ1) is 9.49. The van der Waals surface area contributed by atoms with Crippen molar-refractivity contribution in [1.82, 2.24) is 5.43 Å². The van der Waals surface area contributed by atoms with Gasteiger partial charge in [0.05, 0.1) is 0 Å².